The molecule has 0 heterocycles. The Balaban J connectivity index is 2.91. The molecule has 1 radical (unpaired) electrons. The maximum Gasteiger partial charge on any atom is 0.0825 e. The highest BCUT2D eigenvalue weighted by Gasteiger charge is 1.76. The second-order valence-corrected chi connectivity index (χ2v) is 1.51. The Morgan fingerprint density at radius 3 is 2.75 bits per heavy atom. The lowest BCUT2D eigenvalue weighted by Crippen LogP contribution is -1.75. The van der Waals surface area contributed by atoms with E-state index < -0.39 is 0 Å². The molecule has 0 fully saturated rings. The molecule has 45 valence electrons. The summed E-state index contributed by atoms with van der Waals surface area (Å²) in [7, 11) is 0. The number of allylic oxidation sites excluding steroid dienone is 3. The van der Waals surface area contributed by atoms with Gasteiger partial charge in [0.1, 0.15) is 0 Å². The molecule has 8 heavy (non-hydrogen) atoms. The van der Waals surface area contributed by atoms with Gasteiger partial charge in [-0.05, 0) is 12.8 Å². The van der Waals surface area contributed by atoms with Crippen LogP contribution in [-0.4, -0.2) is 6.61 Å². The van der Waals surface area contributed by atoms with Gasteiger partial charge in [0.05, 0.1) is 6.61 Å². The first-order valence-corrected chi connectivity index (χ1v) is 2.77. The van der Waals surface area contributed by atoms with Gasteiger partial charge in [-0.15, -0.1) is 0 Å². The molecule has 0 saturated heterocycles. The third-order valence-corrected chi connectivity index (χ3v) is 0.787. The fraction of sp³-hybridized carbons (Fsp3) is 0.429. The quantitative estimate of drug-likeness (QED) is 0.390. The summed E-state index contributed by atoms with van der Waals surface area (Å²) in [5, 5.41) is 9.83. The molecule has 0 aromatic rings. The molecular formula is C7H11O. The molecule has 0 aromatic heterocycles. The van der Waals surface area contributed by atoms with E-state index in [1.54, 1.807) is 6.08 Å². The average Bonchev–Trinajstić information content (AvgIpc) is 1.81. The summed E-state index contributed by atoms with van der Waals surface area (Å²) in [4.78, 5) is 0. The molecule has 0 aromatic carbocycles. The number of unbranched alkanes of at least 4 members (excludes halogenated alkanes) is 1. The van der Waals surface area contributed by atoms with E-state index >= 15 is 0 Å². The van der Waals surface area contributed by atoms with Crippen LogP contribution in [0.1, 0.15) is 12.8 Å². The first-order valence-electron chi connectivity index (χ1n) is 2.77. The van der Waals surface area contributed by atoms with Crippen LogP contribution in [-0.2, 0) is 5.11 Å². The fourth-order valence-electron chi connectivity index (χ4n) is 0.394. The predicted octanol–water partition coefficient (Wildman–Crippen LogP) is 1.94. The Morgan fingerprint density at radius 1 is 1.50 bits per heavy atom. The lowest BCUT2D eigenvalue weighted by molar-refractivity contribution is 0.190. The molecule has 0 N–H and O–H groups in total. The van der Waals surface area contributed by atoms with E-state index in [2.05, 4.69) is 6.58 Å². The number of hydrogen-bond donors (Lipinski definition) is 0. The van der Waals surface area contributed by atoms with Crippen LogP contribution in [0.15, 0.2) is 24.8 Å². The monoisotopic (exact) mass is 111 g/mol. The summed E-state index contributed by atoms with van der Waals surface area (Å²) in [6.07, 6.45) is 7.14. The van der Waals surface area contributed by atoms with Gasteiger partial charge >= 0.3 is 0 Å². The Kier molecular flexibility index (Phi) is 5.99. The van der Waals surface area contributed by atoms with Crippen LogP contribution >= 0.6 is 0 Å². The van der Waals surface area contributed by atoms with Crippen LogP contribution < -0.4 is 0 Å². The van der Waals surface area contributed by atoms with Crippen molar-refractivity contribution in [2.45, 2.75) is 12.8 Å². The first-order chi connectivity index (χ1) is 3.91. The lowest BCUT2D eigenvalue weighted by Gasteiger charge is -1.82. The summed E-state index contributed by atoms with van der Waals surface area (Å²) < 4.78 is 0. The number of hydrogen-bond acceptors (Lipinski definition) is 0. The van der Waals surface area contributed by atoms with Gasteiger partial charge in [-0.3, -0.25) is 0 Å². The van der Waals surface area contributed by atoms with Gasteiger partial charge in [0.15, 0.2) is 0 Å². The largest absolute Gasteiger partial charge is 0.237 e. The normalized spacial score (nSPS) is 10.1. The van der Waals surface area contributed by atoms with Crippen LogP contribution in [0, 0.1) is 0 Å². The smallest absolute Gasteiger partial charge is 0.0825 e. The van der Waals surface area contributed by atoms with Crippen molar-refractivity contribution >= 4 is 0 Å². The summed E-state index contributed by atoms with van der Waals surface area (Å²) >= 11 is 0. The zero-order valence-corrected chi connectivity index (χ0v) is 4.97. The summed E-state index contributed by atoms with van der Waals surface area (Å²) in [5.41, 5.74) is 0. The van der Waals surface area contributed by atoms with Crippen molar-refractivity contribution in [3.63, 3.8) is 0 Å². The van der Waals surface area contributed by atoms with Gasteiger partial charge in [-0.2, -0.15) is 0 Å². The lowest BCUT2D eigenvalue weighted by atomic mass is 10.3. The van der Waals surface area contributed by atoms with Gasteiger partial charge in [0, 0.05) is 0 Å². The minimum atomic E-state index is 0.0292. The van der Waals surface area contributed by atoms with Crippen LogP contribution in [0.25, 0.3) is 0 Å². The highest BCUT2D eigenvalue weighted by Crippen LogP contribution is 1.88. The van der Waals surface area contributed by atoms with Crippen LogP contribution in [0.5, 0.6) is 0 Å². The van der Waals surface area contributed by atoms with Crippen molar-refractivity contribution in [2.24, 2.45) is 0 Å². The van der Waals surface area contributed by atoms with Crippen molar-refractivity contribution in [3.8, 4) is 0 Å². The number of rotatable bonds is 4. The topological polar surface area (TPSA) is 19.9 Å². The summed E-state index contributed by atoms with van der Waals surface area (Å²) in [5.74, 6) is 0. The van der Waals surface area contributed by atoms with Crippen molar-refractivity contribution in [3.05, 3.63) is 24.8 Å². The highest BCUT2D eigenvalue weighted by molar-refractivity contribution is 4.96. The van der Waals surface area contributed by atoms with Crippen LogP contribution in [0.2, 0.25) is 0 Å². The standard InChI is InChI=1S/C7H11O/c1-2-3-4-5-6-7-8/h2-4H,1,5-7H2. The van der Waals surface area contributed by atoms with Gasteiger partial charge in [-0.1, -0.05) is 24.8 Å². The van der Waals surface area contributed by atoms with E-state index in [-0.39, 0.29) is 6.61 Å². The SMILES string of the molecule is C=CC=CCCC[O]. The first kappa shape index (κ1) is 7.44. The van der Waals surface area contributed by atoms with Gasteiger partial charge in [-0.25, -0.2) is 5.11 Å². The molecule has 0 unspecified atom stereocenters. The molecule has 1 nitrogen and oxygen atoms in total. The zero-order chi connectivity index (χ0) is 6.24. The van der Waals surface area contributed by atoms with E-state index in [1.807, 2.05) is 12.2 Å². The maximum atomic E-state index is 9.83. The molecule has 0 bridgehead atoms. The van der Waals surface area contributed by atoms with Crippen LogP contribution in [0.4, 0.5) is 0 Å². The Bertz CT molecular complexity index is 74.5. The summed E-state index contributed by atoms with van der Waals surface area (Å²) in [6.45, 7) is 3.52. The molecule has 0 amide bonds. The van der Waals surface area contributed by atoms with E-state index in [4.69, 9.17) is 0 Å². The molecule has 0 spiro atoms. The maximum absolute atomic E-state index is 9.83. The third-order valence-electron chi connectivity index (χ3n) is 0.787. The molecule has 0 atom stereocenters. The molecule has 0 aliphatic heterocycles. The second-order valence-electron chi connectivity index (χ2n) is 1.51. The van der Waals surface area contributed by atoms with Crippen molar-refractivity contribution in [2.75, 3.05) is 6.61 Å². The fourth-order valence-corrected chi connectivity index (χ4v) is 0.394. The molecule has 0 saturated carbocycles. The molecule has 0 aliphatic carbocycles. The third kappa shape index (κ3) is 5.44. The van der Waals surface area contributed by atoms with Crippen molar-refractivity contribution in [1.82, 2.24) is 0 Å². The van der Waals surface area contributed by atoms with Crippen molar-refractivity contribution < 1.29 is 5.11 Å². The Hall–Kier alpha value is -0.560. The molecular weight excluding hydrogens is 100 g/mol. The molecule has 0 rings (SSSR count). The summed E-state index contributed by atoms with van der Waals surface area (Å²) in [6, 6.07) is 0. The highest BCUT2D eigenvalue weighted by atomic mass is 16.2. The van der Waals surface area contributed by atoms with E-state index in [0.29, 0.717) is 0 Å². The minimum Gasteiger partial charge on any atom is -0.237 e. The Morgan fingerprint density at radius 2 is 2.25 bits per heavy atom. The van der Waals surface area contributed by atoms with Crippen LogP contribution in [0.3, 0.4) is 0 Å². The molecule has 1 heteroatoms. The Labute approximate surface area is 50.3 Å². The zero-order valence-electron chi connectivity index (χ0n) is 4.97. The van der Waals surface area contributed by atoms with Gasteiger partial charge in [0.2, 0.25) is 0 Å². The minimum absolute atomic E-state index is 0.0292. The van der Waals surface area contributed by atoms with Gasteiger partial charge < -0.3 is 0 Å². The van der Waals surface area contributed by atoms with E-state index in [0.717, 1.165) is 12.8 Å². The van der Waals surface area contributed by atoms with Crippen molar-refractivity contribution in [1.29, 1.82) is 0 Å². The van der Waals surface area contributed by atoms with E-state index in [1.165, 1.54) is 0 Å². The average molecular weight is 111 g/mol. The predicted molar refractivity (Wildman–Crippen MR) is 34.1 cm³/mol. The second kappa shape index (κ2) is 6.44. The molecule has 0 aliphatic rings. The van der Waals surface area contributed by atoms with Gasteiger partial charge in [0.25, 0.3) is 0 Å². The van der Waals surface area contributed by atoms with E-state index in [9.17, 15) is 5.11 Å².